The van der Waals surface area contributed by atoms with Gasteiger partial charge in [0.05, 0.1) is 0 Å². The zero-order valence-electron chi connectivity index (χ0n) is 52.5. The quantitative estimate of drug-likeness (QED) is 0.0587. The molecule has 0 fully saturated rings. The minimum absolute atomic E-state index is 0.108. The van der Waals surface area contributed by atoms with Crippen LogP contribution in [-0.4, -0.2) is 21.7 Å². The second-order valence-corrected chi connectivity index (χ2v) is 27.7. The van der Waals surface area contributed by atoms with Crippen molar-refractivity contribution in [2.45, 2.75) is 111 Å². The van der Waals surface area contributed by atoms with Crippen LogP contribution in [0.4, 0.5) is 0 Å². The maximum Gasteiger partial charge on any atom is 0.245 e. The Morgan fingerprint density at radius 2 is 0.652 bits per heavy atom. The van der Waals surface area contributed by atoms with Crippen molar-refractivity contribution >= 4 is 88.6 Å². The van der Waals surface area contributed by atoms with Crippen LogP contribution < -0.4 is 19.9 Å². The molecular weight excluding hydrogens is 1070 g/mol. The van der Waals surface area contributed by atoms with Gasteiger partial charge in [-0.15, -0.1) is 38.2 Å². The third kappa shape index (κ3) is 7.74. The van der Waals surface area contributed by atoms with Crippen molar-refractivity contribution in [1.29, 1.82) is 0 Å². The molecule has 6 heteroatoms. The highest BCUT2D eigenvalue weighted by Crippen LogP contribution is 2.56. The third-order valence-corrected chi connectivity index (χ3v) is 21.9. The van der Waals surface area contributed by atoms with Crippen molar-refractivity contribution in [3.05, 3.63) is 242 Å². The maximum absolute atomic E-state index is 2.74. The van der Waals surface area contributed by atoms with E-state index in [9.17, 15) is 0 Å². The predicted octanol–water partition coefficient (Wildman–Crippen LogP) is 20.2. The van der Waals surface area contributed by atoms with Gasteiger partial charge in [-0.05, 0) is 140 Å². The second kappa shape index (κ2) is 20.4. The normalized spacial score (nSPS) is 14.7. The van der Waals surface area contributed by atoms with Gasteiger partial charge in [-0.3, -0.25) is 0 Å². The first-order chi connectivity index (χ1) is 43.6. The first kappa shape index (κ1) is 53.9. The molecule has 14 aromatic rings. The summed E-state index contributed by atoms with van der Waals surface area (Å²) in [4.78, 5) is 0. The number of rotatable bonds is 14. The van der Waals surface area contributed by atoms with Gasteiger partial charge in [0.25, 0.3) is 0 Å². The number of unbranched alkanes of at least 4 members (excludes halogenated alkanes) is 6. The average Bonchev–Trinajstić information content (AvgIpc) is 1.56. The molecule has 1 aliphatic carbocycles. The first-order valence-corrected chi connectivity index (χ1v) is 33.6. The summed E-state index contributed by atoms with van der Waals surface area (Å²) in [6.07, 6.45) is 9.71. The number of imidazole rings is 2. The SMILES string of the molecule is CCCCCCC1(CCCCCC)c2cc(-c3ccc4c(c3)[B-](C)(C)[n+]3c-4n(-c4ccccc4)c4c5ccccc5c5ccccc5c43)ccc2-c2ccc(-c3ccc4c(c3)[B-](C)(C)[n+]3c-4n(-c4ccccc4)c4c5ccccc5c5ccccc5c43)cc21. The minimum Gasteiger partial charge on any atom is -0.417 e. The van der Waals surface area contributed by atoms with Gasteiger partial charge >= 0.3 is 0 Å². The van der Waals surface area contributed by atoms with Crippen LogP contribution >= 0.6 is 0 Å². The Bertz CT molecular complexity index is 4910. The molecule has 0 saturated heterocycles. The Kier molecular flexibility index (Phi) is 12.4. The van der Waals surface area contributed by atoms with Crippen molar-refractivity contribution in [2.75, 3.05) is 0 Å². The van der Waals surface area contributed by atoms with Crippen molar-refractivity contribution in [3.63, 3.8) is 0 Å². The van der Waals surface area contributed by atoms with E-state index >= 15 is 0 Å². The molecule has 434 valence electrons. The summed E-state index contributed by atoms with van der Waals surface area (Å²) in [5, 5.41) is 10.4. The molecule has 0 spiro atoms. The molecule has 0 atom stereocenters. The zero-order valence-corrected chi connectivity index (χ0v) is 52.5. The van der Waals surface area contributed by atoms with Crippen LogP contribution in [0.1, 0.15) is 89.2 Å². The van der Waals surface area contributed by atoms with Crippen LogP contribution in [-0.2, 0) is 5.41 Å². The summed E-state index contributed by atoms with van der Waals surface area (Å²) in [7, 11) is 0. The molecule has 2 aromatic heterocycles. The van der Waals surface area contributed by atoms with Crippen LogP contribution in [0.25, 0.3) is 133 Å². The van der Waals surface area contributed by atoms with Gasteiger partial charge < -0.3 is 8.96 Å². The smallest absolute Gasteiger partial charge is 0.245 e. The Morgan fingerprint density at radius 3 is 1.03 bits per heavy atom. The van der Waals surface area contributed by atoms with Gasteiger partial charge in [-0.1, -0.05) is 235 Å². The fraction of sp³-hybridized carbons (Fsp3) is 0.205. The molecule has 4 nitrogen and oxygen atoms in total. The third-order valence-electron chi connectivity index (χ3n) is 21.9. The fourth-order valence-corrected chi connectivity index (χ4v) is 17.8. The highest BCUT2D eigenvalue weighted by molar-refractivity contribution is 6.86. The van der Waals surface area contributed by atoms with Crippen molar-refractivity contribution in [1.82, 2.24) is 9.13 Å². The van der Waals surface area contributed by atoms with Gasteiger partial charge in [0.1, 0.15) is 22.4 Å². The lowest BCUT2D eigenvalue weighted by atomic mass is 9.35. The lowest BCUT2D eigenvalue weighted by Gasteiger charge is -2.33. The van der Waals surface area contributed by atoms with Crippen molar-refractivity contribution < 1.29 is 8.96 Å². The molecule has 0 amide bonds. The van der Waals surface area contributed by atoms with Crippen molar-refractivity contribution in [3.8, 4) is 67.5 Å². The van der Waals surface area contributed by atoms with Gasteiger partial charge in [0.2, 0.25) is 24.2 Å². The number of benzene rings is 12. The monoisotopic (exact) mass is 1150 g/mol. The fourth-order valence-electron chi connectivity index (χ4n) is 17.8. The number of nitrogens with zero attached hydrogens (tertiary/aromatic N) is 4. The molecule has 3 aliphatic rings. The van der Waals surface area contributed by atoms with Crippen LogP contribution in [0, 0.1) is 0 Å². The van der Waals surface area contributed by atoms with E-state index < -0.39 is 12.6 Å². The summed E-state index contributed by atoms with van der Waals surface area (Å²) in [5.41, 5.74) is 24.1. The van der Waals surface area contributed by atoms with Crippen LogP contribution in [0.2, 0.25) is 27.3 Å². The van der Waals surface area contributed by atoms with Crippen molar-refractivity contribution in [2.24, 2.45) is 0 Å². The van der Waals surface area contributed by atoms with E-state index in [-0.39, 0.29) is 5.41 Å². The molecule has 0 N–H and O–H groups in total. The Morgan fingerprint density at radius 1 is 0.326 bits per heavy atom. The summed E-state index contributed by atoms with van der Waals surface area (Å²) in [6, 6.07) is 88.7. The van der Waals surface area contributed by atoms with Crippen LogP contribution in [0.3, 0.4) is 0 Å². The van der Waals surface area contributed by atoms with E-state index in [1.54, 1.807) is 0 Å². The zero-order chi connectivity index (χ0) is 59.9. The Labute approximate surface area is 523 Å². The number of hydrogen-bond acceptors (Lipinski definition) is 0. The molecule has 0 unspecified atom stereocenters. The van der Waals surface area contributed by atoms with Crippen LogP contribution in [0.5, 0.6) is 0 Å². The van der Waals surface area contributed by atoms with Gasteiger partial charge in [0.15, 0.2) is 11.0 Å². The molecule has 0 bridgehead atoms. The first-order valence-electron chi connectivity index (χ1n) is 33.6. The second-order valence-electron chi connectivity index (χ2n) is 27.7. The largest absolute Gasteiger partial charge is 0.417 e. The minimum atomic E-state index is -1.28. The van der Waals surface area contributed by atoms with E-state index in [4.69, 9.17) is 0 Å². The Balaban J connectivity index is 0.814. The molecule has 89 heavy (non-hydrogen) atoms. The van der Waals surface area contributed by atoms with E-state index in [0.717, 1.165) is 12.8 Å². The van der Waals surface area contributed by atoms with E-state index in [0.29, 0.717) is 0 Å². The molecule has 12 aromatic carbocycles. The summed E-state index contributed by atoms with van der Waals surface area (Å²) < 4.78 is 10.7. The molecule has 17 rings (SSSR count). The number of aromatic nitrogens is 4. The topological polar surface area (TPSA) is 17.6 Å². The molecule has 2 aliphatic heterocycles. The highest BCUT2D eigenvalue weighted by atomic mass is 15.2. The predicted molar refractivity (Wildman–Crippen MR) is 381 cm³/mol. The Hall–Kier alpha value is -9.25. The molecule has 0 saturated carbocycles. The van der Waals surface area contributed by atoms with E-state index in [1.165, 1.54) is 206 Å². The lowest BCUT2D eigenvalue weighted by Crippen LogP contribution is -2.64. The number of hydrogen-bond donors (Lipinski definition) is 0. The number of para-hydroxylation sites is 2. The number of fused-ring (bicyclic) bond motifs is 23. The van der Waals surface area contributed by atoms with E-state index in [2.05, 4.69) is 290 Å². The van der Waals surface area contributed by atoms with Crippen LogP contribution in [0.15, 0.2) is 231 Å². The molecule has 0 radical (unpaired) electrons. The summed E-state index contributed by atoms with van der Waals surface area (Å²) >= 11 is 0. The van der Waals surface area contributed by atoms with E-state index in [1.807, 2.05) is 0 Å². The summed E-state index contributed by atoms with van der Waals surface area (Å²) in [5.74, 6) is 2.54. The lowest BCUT2D eigenvalue weighted by molar-refractivity contribution is -0.497. The highest BCUT2D eigenvalue weighted by Gasteiger charge is 2.47. The molecule has 4 heterocycles. The molecular formula is C83H76B2N4. The van der Waals surface area contributed by atoms with Gasteiger partial charge in [-0.25, -0.2) is 0 Å². The summed E-state index contributed by atoms with van der Waals surface area (Å²) in [6.45, 7) is 14.8. The maximum atomic E-state index is 2.74. The average molecular weight is 1150 g/mol. The van der Waals surface area contributed by atoms with Gasteiger partial charge in [-0.2, -0.15) is 9.13 Å². The van der Waals surface area contributed by atoms with Gasteiger partial charge in [0, 0.05) is 38.1 Å². The standard InChI is InChI=1S/C83H76B2N4/c1-7-9-11-27-49-83(50-28-12-10-8-2)73-51-55(57-43-47-71-75(53-57)84(3,4)88-79-69-39-25-21-35-63(69)61-33-19-23-37-67(61)77(79)86(81(71)88)59-29-15-13-16-30-59)41-45-65(73)66-46-42-56(52-74(66)83)58-44-48-72-76(54-58)85(5,6)89-80-70-40-26-22-36-64(70)62-34-20-24-38-68(62)78(80)87(82(72)89)60-31-17-14-18-32-60/h13-26,29-48,51-54H,7-12,27-28,49-50H2,1-6H3.